The SMILES string of the molecule is CCCCCCCCCCCC(Br)Br.O=C(O)C1(CCCCCCCCCCCCC2(C(=O)O)CCC2)CCC1.O=C(O)C1CCC1. The van der Waals surface area contributed by atoms with E-state index >= 15 is 0 Å². The van der Waals surface area contributed by atoms with Crippen molar-refractivity contribution in [3.63, 3.8) is 0 Å². The summed E-state index contributed by atoms with van der Waals surface area (Å²) >= 11 is 7.00. The van der Waals surface area contributed by atoms with Gasteiger partial charge < -0.3 is 15.3 Å². The average Bonchev–Trinajstić information content (AvgIpc) is 2.94. The maximum atomic E-state index is 11.3. The molecule has 0 aliphatic heterocycles. The highest BCUT2D eigenvalue weighted by molar-refractivity contribution is 9.24. The summed E-state index contributed by atoms with van der Waals surface area (Å²) in [5, 5.41) is 26.8. The predicted molar refractivity (Wildman–Crippen MR) is 202 cm³/mol. The zero-order valence-corrected chi connectivity index (χ0v) is 33.1. The Balaban J connectivity index is 0.000000436. The van der Waals surface area contributed by atoms with E-state index in [4.69, 9.17) is 5.11 Å². The number of unbranched alkanes of at least 4 members (excludes halogenated alkanes) is 17. The van der Waals surface area contributed by atoms with E-state index < -0.39 is 17.9 Å². The van der Waals surface area contributed by atoms with Crippen LogP contribution in [0.15, 0.2) is 0 Å². The van der Waals surface area contributed by atoms with Gasteiger partial charge in [0, 0.05) is 0 Å². The number of carboxylic acid groups (broad SMARTS) is 3. The standard InChI is InChI=1S/C22H38O4.C12H24Br2.C5H8O2/c23-19(24)21(15-11-16-21)13-9-7-5-3-1-2-4-6-8-10-14-22(20(25)26)17-12-18-22;1-2-3-4-5-6-7-8-9-10-11-12(13)14;6-5(7)4-2-1-3-4/h1-18H2,(H,23,24)(H,25,26);12H,2-11H2,1H3;4H,1-3H2,(H,6,7). The van der Waals surface area contributed by atoms with Crippen LogP contribution in [-0.2, 0) is 14.4 Å². The molecule has 276 valence electrons. The van der Waals surface area contributed by atoms with Gasteiger partial charge in [-0.2, -0.15) is 0 Å². The summed E-state index contributed by atoms with van der Waals surface area (Å²) in [5.74, 6) is -1.77. The van der Waals surface area contributed by atoms with Gasteiger partial charge in [0.05, 0.1) is 20.5 Å². The summed E-state index contributed by atoms with van der Waals surface area (Å²) in [7, 11) is 0. The molecule has 0 amide bonds. The molecule has 3 aliphatic rings. The third-order valence-electron chi connectivity index (χ3n) is 11.1. The zero-order valence-electron chi connectivity index (χ0n) is 29.9. The Morgan fingerprint density at radius 2 is 0.894 bits per heavy atom. The van der Waals surface area contributed by atoms with E-state index in [1.807, 2.05) is 0 Å². The van der Waals surface area contributed by atoms with Crippen LogP contribution in [0.4, 0.5) is 0 Å². The number of carboxylic acids is 3. The summed E-state index contributed by atoms with van der Waals surface area (Å²) in [6.45, 7) is 2.27. The fourth-order valence-electron chi connectivity index (χ4n) is 6.95. The highest BCUT2D eigenvalue weighted by Gasteiger charge is 2.44. The monoisotopic (exact) mass is 792 g/mol. The minimum absolute atomic E-state index is 0.000000000000000444. The van der Waals surface area contributed by atoms with Crippen molar-refractivity contribution in [1.82, 2.24) is 0 Å². The third kappa shape index (κ3) is 20.0. The van der Waals surface area contributed by atoms with E-state index in [0.717, 1.165) is 83.5 Å². The van der Waals surface area contributed by atoms with Crippen LogP contribution in [0.1, 0.15) is 206 Å². The van der Waals surface area contributed by atoms with Crippen molar-refractivity contribution in [1.29, 1.82) is 0 Å². The van der Waals surface area contributed by atoms with E-state index in [9.17, 15) is 24.6 Å². The van der Waals surface area contributed by atoms with Gasteiger partial charge in [0.15, 0.2) is 0 Å². The molecule has 3 aliphatic carbocycles. The van der Waals surface area contributed by atoms with E-state index in [1.54, 1.807) is 0 Å². The van der Waals surface area contributed by atoms with Crippen molar-refractivity contribution in [2.45, 2.75) is 210 Å². The van der Waals surface area contributed by atoms with Gasteiger partial charge in [0.25, 0.3) is 0 Å². The van der Waals surface area contributed by atoms with Crippen LogP contribution < -0.4 is 0 Å². The van der Waals surface area contributed by atoms with Crippen LogP contribution in [0.3, 0.4) is 0 Å². The Hall–Kier alpha value is -0.630. The maximum absolute atomic E-state index is 11.3. The first-order valence-corrected chi connectivity index (χ1v) is 21.4. The summed E-state index contributed by atoms with van der Waals surface area (Å²) in [5.41, 5.74) is -0.725. The normalized spacial score (nSPS) is 17.6. The van der Waals surface area contributed by atoms with Crippen LogP contribution in [0.5, 0.6) is 0 Å². The number of carbonyl (C=O) groups is 3. The molecule has 0 spiro atoms. The molecule has 3 N–H and O–H groups in total. The molecule has 0 atom stereocenters. The molecule has 0 aromatic carbocycles. The first kappa shape index (κ1) is 44.4. The molecule has 8 heteroatoms. The third-order valence-corrected chi connectivity index (χ3v) is 12.0. The zero-order chi connectivity index (χ0) is 34.8. The number of hydrogen-bond donors (Lipinski definition) is 3. The smallest absolute Gasteiger partial charge is 0.309 e. The van der Waals surface area contributed by atoms with Crippen molar-refractivity contribution >= 4 is 49.8 Å². The van der Waals surface area contributed by atoms with Gasteiger partial charge in [-0.05, 0) is 57.8 Å². The van der Waals surface area contributed by atoms with Crippen molar-refractivity contribution < 1.29 is 29.7 Å². The summed E-state index contributed by atoms with van der Waals surface area (Å²) in [6.07, 6.45) is 36.4. The Labute approximate surface area is 304 Å². The lowest BCUT2D eigenvalue weighted by atomic mass is 9.66. The van der Waals surface area contributed by atoms with Crippen molar-refractivity contribution in [3.8, 4) is 0 Å². The second-order valence-electron chi connectivity index (χ2n) is 14.9. The van der Waals surface area contributed by atoms with E-state index in [2.05, 4.69) is 38.8 Å². The Morgan fingerprint density at radius 3 is 1.11 bits per heavy atom. The molecule has 3 rings (SSSR count). The second kappa shape index (κ2) is 27.1. The summed E-state index contributed by atoms with van der Waals surface area (Å²) in [4.78, 5) is 32.6. The molecule has 3 saturated carbocycles. The average molecular weight is 795 g/mol. The van der Waals surface area contributed by atoms with Crippen LogP contribution in [-0.4, -0.2) is 37.0 Å². The van der Waals surface area contributed by atoms with E-state index in [1.165, 1.54) is 116 Å². The van der Waals surface area contributed by atoms with E-state index in [0.29, 0.717) is 3.74 Å². The molecule has 0 unspecified atom stereocenters. The van der Waals surface area contributed by atoms with Crippen LogP contribution >= 0.6 is 31.9 Å². The molecule has 0 bridgehead atoms. The van der Waals surface area contributed by atoms with Gasteiger partial charge in [-0.3, -0.25) is 14.4 Å². The molecule has 0 aromatic heterocycles. The molecule has 6 nitrogen and oxygen atoms in total. The summed E-state index contributed by atoms with van der Waals surface area (Å²) in [6, 6.07) is 0. The Kier molecular flexibility index (Phi) is 25.6. The molecule has 47 heavy (non-hydrogen) atoms. The molecule has 0 aromatic rings. The Bertz CT molecular complexity index is 778. The van der Waals surface area contributed by atoms with Crippen molar-refractivity contribution in [2.24, 2.45) is 16.7 Å². The lowest BCUT2D eigenvalue weighted by Crippen LogP contribution is -2.37. The first-order valence-electron chi connectivity index (χ1n) is 19.6. The van der Waals surface area contributed by atoms with Crippen LogP contribution in [0.25, 0.3) is 0 Å². The first-order chi connectivity index (χ1) is 22.6. The quantitative estimate of drug-likeness (QED) is 0.0594. The number of alkyl halides is 2. The fourth-order valence-corrected chi connectivity index (χ4v) is 7.60. The van der Waals surface area contributed by atoms with Gasteiger partial charge in [-0.1, -0.05) is 180 Å². The maximum Gasteiger partial charge on any atom is 0.309 e. The molecular formula is C39H70Br2O6. The highest BCUT2D eigenvalue weighted by Crippen LogP contribution is 2.46. The largest absolute Gasteiger partial charge is 0.481 e. The predicted octanol–water partition coefficient (Wildman–Crippen LogP) is 13.1. The lowest BCUT2D eigenvalue weighted by Gasteiger charge is -2.37. The second-order valence-corrected chi connectivity index (χ2v) is 18.3. The fraction of sp³-hybridized carbons (Fsp3) is 0.923. The van der Waals surface area contributed by atoms with Crippen molar-refractivity contribution in [2.75, 3.05) is 0 Å². The van der Waals surface area contributed by atoms with Gasteiger partial charge in [-0.25, -0.2) is 0 Å². The van der Waals surface area contributed by atoms with Gasteiger partial charge in [-0.15, -0.1) is 0 Å². The van der Waals surface area contributed by atoms with E-state index in [-0.39, 0.29) is 16.7 Å². The minimum atomic E-state index is -0.619. The van der Waals surface area contributed by atoms with Gasteiger partial charge >= 0.3 is 17.9 Å². The molecule has 0 heterocycles. The number of hydrogen-bond acceptors (Lipinski definition) is 3. The van der Waals surface area contributed by atoms with Gasteiger partial charge in [0.2, 0.25) is 0 Å². The highest BCUT2D eigenvalue weighted by atomic mass is 79.9. The molecule has 0 saturated heterocycles. The van der Waals surface area contributed by atoms with Crippen LogP contribution in [0.2, 0.25) is 0 Å². The topological polar surface area (TPSA) is 112 Å². The van der Waals surface area contributed by atoms with Gasteiger partial charge in [0.1, 0.15) is 0 Å². The molecule has 3 fully saturated rings. The molecule has 0 radical (unpaired) electrons. The lowest BCUT2D eigenvalue weighted by molar-refractivity contribution is -0.156. The summed E-state index contributed by atoms with van der Waals surface area (Å²) < 4.78 is 0.527. The van der Waals surface area contributed by atoms with Crippen LogP contribution in [0, 0.1) is 16.7 Å². The Morgan fingerprint density at radius 1 is 0.553 bits per heavy atom. The number of halogens is 2. The molecular weight excluding hydrogens is 724 g/mol. The number of aliphatic carboxylic acids is 3. The number of rotatable bonds is 26. The van der Waals surface area contributed by atoms with Crippen molar-refractivity contribution in [3.05, 3.63) is 0 Å². The minimum Gasteiger partial charge on any atom is -0.481 e.